The molecule has 0 N–H and O–H groups in total. The van der Waals surface area contributed by atoms with Crippen LogP contribution in [-0.4, -0.2) is 0 Å². The lowest BCUT2D eigenvalue weighted by Crippen LogP contribution is -2.11. The molecule has 0 nitrogen and oxygen atoms in total. The molecular formula is C19H28. The molecule has 0 amide bonds. The molecule has 1 aliphatic rings. The maximum Gasteiger partial charge on any atom is 0.00300 e. The molecule has 0 aromatic heterocycles. The van der Waals surface area contributed by atoms with E-state index in [2.05, 4.69) is 65.0 Å². The Hall–Kier alpha value is -1.04. The maximum atomic E-state index is 2.44. The van der Waals surface area contributed by atoms with Crippen LogP contribution in [0.25, 0.3) is 6.08 Å². The zero-order chi connectivity index (χ0) is 14.0. The van der Waals surface area contributed by atoms with Gasteiger partial charge in [0, 0.05) is 5.92 Å². The van der Waals surface area contributed by atoms with E-state index in [9.17, 15) is 0 Å². The van der Waals surface area contributed by atoms with Crippen LogP contribution in [0.2, 0.25) is 0 Å². The third kappa shape index (κ3) is 3.11. The van der Waals surface area contributed by atoms with E-state index in [-0.39, 0.29) is 0 Å². The summed E-state index contributed by atoms with van der Waals surface area (Å²) in [6.45, 7) is 11.6. The van der Waals surface area contributed by atoms with Crippen molar-refractivity contribution >= 4 is 6.08 Å². The molecule has 0 fully saturated rings. The van der Waals surface area contributed by atoms with Crippen LogP contribution < -0.4 is 0 Å². The van der Waals surface area contributed by atoms with Gasteiger partial charge in [-0.1, -0.05) is 71.4 Å². The van der Waals surface area contributed by atoms with Crippen molar-refractivity contribution in [2.24, 2.45) is 11.8 Å². The van der Waals surface area contributed by atoms with Crippen molar-refractivity contribution in [2.45, 2.75) is 59.3 Å². The first-order valence-corrected chi connectivity index (χ1v) is 7.85. The van der Waals surface area contributed by atoms with Crippen LogP contribution in [0.1, 0.15) is 76.0 Å². The van der Waals surface area contributed by atoms with Crippen molar-refractivity contribution in [3.8, 4) is 0 Å². The first-order valence-electron chi connectivity index (χ1n) is 7.85. The summed E-state index contributed by atoms with van der Waals surface area (Å²) in [6, 6.07) is 7.03. The zero-order valence-electron chi connectivity index (χ0n) is 13.1. The summed E-state index contributed by atoms with van der Waals surface area (Å²) >= 11 is 0. The van der Waals surface area contributed by atoms with Gasteiger partial charge >= 0.3 is 0 Å². The van der Waals surface area contributed by atoms with Crippen LogP contribution in [-0.2, 0) is 0 Å². The van der Waals surface area contributed by atoms with Gasteiger partial charge in [0.2, 0.25) is 0 Å². The molecular weight excluding hydrogens is 228 g/mol. The Morgan fingerprint density at radius 2 is 1.84 bits per heavy atom. The van der Waals surface area contributed by atoms with Gasteiger partial charge in [0.15, 0.2) is 0 Å². The van der Waals surface area contributed by atoms with Crippen LogP contribution >= 0.6 is 0 Å². The molecule has 0 bridgehead atoms. The fourth-order valence-corrected chi connectivity index (χ4v) is 3.19. The third-order valence-electron chi connectivity index (χ3n) is 4.71. The minimum atomic E-state index is 0.624. The van der Waals surface area contributed by atoms with Crippen LogP contribution in [0.3, 0.4) is 0 Å². The molecule has 0 saturated carbocycles. The monoisotopic (exact) mass is 256 g/mol. The largest absolute Gasteiger partial charge is 0.0764 e. The maximum absolute atomic E-state index is 2.44. The Morgan fingerprint density at radius 3 is 2.42 bits per heavy atom. The fraction of sp³-hybridized carbons (Fsp3) is 0.579. The molecule has 0 radical (unpaired) electrons. The lowest BCUT2D eigenvalue weighted by molar-refractivity contribution is 0.338. The van der Waals surface area contributed by atoms with Crippen molar-refractivity contribution in [3.05, 3.63) is 41.0 Å². The van der Waals surface area contributed by atoms with E-state index in [1.165, 1.54) is 24.0 Å². The van der Waals surface area contributed by atoms with E-state index in [1.807, 2.05) is 0 Å². The van der Waals surface area contributed by atoms with Crippen molar-refractivity contribution in [2.75, 3.05) is 0 Å². The van der Waals surface area contributed by atoms with E-state index in [0.29, 0.717) is 11.8 Å². The molecule has 19 heavy (non-hydrogen) atoms. The Labute approximate surface area is 118 Å². The van der Waals surface area contributed by atoms with E-state index >= 15 is 0 Å². The second-order valence-corrected chi connectivity index (χ2v) is 6.66. The van der Waals surface area contributed by atoms with E-state index in [0.717, 1.165) is 11.8 Å². The van der Waals surface area contributed by atoms with Crippen molar-refractivity contribution < 1.29 is 0 Å². The van der Waals surface area contributed by atoms with Crippen LogP contribution in [0, 0.1) is 11.8 Å². The predicted molar refractivity (Wildman–Crippen MR) is 85.5 cm³/mol. The first kappa shape index (κ1) is 14.4. The zero-order valence-corrected chi connectivity index (χ0v) is 13.1. The summed E-state index contributed by atoms with van der Waals surface area (Å²) in [6.07, 6.45) is 7.33. The van der Waals surface area contributed by atoms with Gasteiger partial charge in [-0.15, -0.1) is 0 Å². The minimum Gasteiger partial charge on any atom is -0.0764 e. The number of hydrogen-bond donors (Lipinski definition) is 0. The smallest absolute Gasteiger partial charge is 0.00300 e. The summed E-state index contributed by atoms with van der Waals surface area (Å²) < 4.78 is 0. The number of fused-ring (bicyclic) bond motifs is 1. The van der Waals surface area contributed by atoms with Gasteiger partial charge in [0.05, 0.1) is 0 Å². The highest BCUT2D eigenvalue weighted by Crippen LogP contribution is 2.38. The van der Waals surface area contributed by atoms with E-state index in [4.69, 9.17) is 0 Å². The second kappa shape index (κ2) is 5.94. The molecule has 1 aromatic rings. The quantitative estimate of drug-likeness (QED) is 0.606. The number of hydrogen-bond acceptors (Lipinski definition) is 0. The van der Waals surface area contributed by atoms with Gasteiger partial charge in [0.25, 0.3) is 0 Å². The number of benzene rings is 1. The van der Waals surface area contributed by atoms with Gasteiger partial charge in [0.1, 0.15) is 0 Å². The molecule has 1 aliphatic carbocycles. The summed E-state index contributed by atoms with van der Waals surface area (Å²) in [5.41, 5.74) is 4.48. The minimum absolute atomic E-state index is 0.624. The molecule has 1 aromatic carbocycles. The topological polar surface area (TPSA) is 0 Å². The van der Waals surface area contributed by atoms with Gasteiger partial charge in [-0.3, -0.25) is 0 Å². The average molecular weight is 256 g/mol. The Kier molecular flexibility index (Phi) is 4.50. The number of rotatable bonds is 5. The second-order valence-electron chi connectivity index (χ2n) is 6.66. The normalized spacial score (nSPS) is 19.2. The Balaban J connectivity index is 2.20. The van der Waals surface area contributed by atoms with Gasteiger partial charge in [-0.25, -0.2) is 0 Å². The van der Waals surface area contributed by atoms with Crippen LogP contribution in [0.4, 0.5) is 0 Å². The highest BCUT2D eigenvalue weighted by molar-refractivity contribution is 5.63. The molecule has 0 aliphatic heterocycles. The van der Waals surface area contributed by atoms with Gasteiger partial charge < -0.3 is 0 Å². The van der Waals surface area contributed by atoms with Crippen molar-refractivity contribution in [3.63, 3.8) is 0 Å². The number of allylic oxidation sites excluding steroid dienone is 1. The van der Waals surface area contributed by atoms with Crippen molar-refractivity contribution in [1.82, 2.24) is 0 Å². The van der Waals surface area contributed by atoms with E-state index in [1.54, 1.807) is 5.56 Å². The standard InChI is InChI=1S/C19H28/c1-6-15(13(2)3)11-18-10-8-16-7-9-17(14(4)5)12-19(16)18/h7-10,12-15,18H,6,11H2,1-5H3. The molecule has 0 heteroatoms. The molecule has 0 spiro atoms. The van der Waals surface area contributed by atoms with Gasteiger partial charge in [-0.2, -0.15) is 0 Å². The molecule has 0 heterocycles. The summed E-state index contributed by atoms with van der Waals surface area (Å²) in [5, 5.41) is 0. The van der Waals surface area contributed by atoms with Crippen LogP contribution in [0.5, 0.6) is 0 Å². The highest BCUT2D eigenvalue weighted by atomic mass is 14.3. The summed E-state index contributed by atoms with van der Waals surface area (Å²) in [5.74, 6) is 2.89. The molecule has 2 atom stereocenters. The Morgan fingerprint density at radius 1 is 1.11 bits per heavy atom. The SMILES string of the molecule is CCC(CC1C=Cc2ccc(C(C)C)cc21)C(C)C. The Bertz CT molecular complexity index is 451. The highest BCUT2D eigenvalue weighted by Gasteiger charge is 2.22. The summed E-state index contributed by atoms with van der Waals surface area (Å²) in [4.78, 5) is 0. The lowest BCUT2D eigenvalue weighted by atomic mass is 9.82. The van der Waals surface area contributed by atoms with Crippen molar-refractivity contribution in [1.29, 1.82) is 0 Å². The molecule has 0 saturated heterocycles. The van der Waals surface area contributed by atoms with Crippen LogP contribution in [0.15, 0.2) is 24.3 Å². The predicted octanol–water partition coefficient (Wildman–Crippen LogP) is 5.99. The van der Waals surface area contributed by atoms with Gasteiger partial charge in [-0.05, 0) is 40.9 Å². The molecule has 2 unspecified atom stereocenters. The lowest BCUT2D eigenvalue weighted by Gasteiger charge is -2.23. The summed E-state index contributed by atoms with van der Waals surface area (Å²) in [7, 11) is 0. The third-order valence-corrected chi connectivity index (χ3v) is 4.71. The van der Waals surface area contributed by atoms with E-state index < -0.39 is 0 Å². The molecule has 2 rings (SSSR count). The molecule has 104 valence electrons. The fourth-order valence-electron chi connectivity index (χ4n) is 3.19. The first-order chi connectivity index (χ1) is 9.02. The average Bonchev–Trinajstić information content (AvgIpc) is 2.77.